The lowest BCUT2D eigenvalue weighted by atomic mass is 10.1. The summed E-state index contributed by atoms with van der Waals surface area (Å²) in [4.78, 5) is 23.5. The van der Waals surface area contributed by atoms with E-state index in [4.69, 9.17) is 32.7 Å². The number of ether oxygens (including phenoxy) is 2. The van der Waals surface area contributed by atoms with Crippen molar-refractivity contribution in [3.63, 3.8) is 0 Å². The van der Waals surface area contributed by atoms with Crippen molar-refractivity contribution in [2.45, 2.75) is 6.42 Å². The monoisotopic (exact) mass is 423 g/mol. The minimum Gasteiger partial charge on any atom is -0.504 e. The summed E-state index contributed by atoms with van der Waals surface area (Å²) in [7, 11) is 1.43. The van der Waals surface area contributed by atoms with Gasteiger partial charge in [-0.05, 0) is 47.9 Å². The van der Waals surface area contributed by atoms with Crippen LogP contribution in [0.4, 0.5) is 0 Å². The number of amides is 1. The summed E-state index contributed by atoms with van der Waals surface area (Å²) in [6.45, 7) is -0.0443. The molecule has 0 atom stereocenters. The Bertz CT molecular complexity index is 883. The molecule has 28 heavy (non-hydrogen) atoms. The van der Waals surface area contributed by atoms with Crippen molar-refractivity contribution >= 4 is 41.2 Å². The molecule has 2 aromatic rings. The summed E-state index contributed by atoms with van der Waals surface area (Å²) in [5.74, 6) is -0.796. The molecule has 8 heteroatoms. The molecule has 0 aromatic heterocycles. The minimum absolute atomic E-state index is 0.00112. The Morgan fingerprint density at radius 1 is 1.18 bits per heavy atom. The molecule has 0 aliphatic carbocycles. The minimum atomic E-state index is -0.664. The summed E-state index contributed by atoms with van der Waals surface area (Å²) in [5.41, 5.74) is 1.49. The number of benzene rings is 2. The number of aromatic hydroxyl groups is 1. The van der Waals surface area contributed by atoms with Gasteiger partial charge in [0.05, 0.1) is 7.11 Å². The van der Waals surface area contributed by atoms with E-state index in [1.165, 1.54) is 25.3 Å². The van der Waals surface area contributed by atoms with Gasteiger partial charge in [0.25, 0.3) is 5.91 Å². The van der Waals surface area contributed by atoms with Gasteiger partial charge in [-0.3, -0.25) is 4.79 Å². The Hall–Kier alpha value is -2.70. The number of hydrogen-bond donors (Lipinski definition) is 2. The quantitative estimate of drug-likeness (QED) is 0.500. The fourth-order valence-corrected chi connectivity index (χ4v) is 2.76. The zero-order valence-electron chi connectivity index (χ0n) is 15.1. The second kappa shape index (κ2) is 10.6. The molecule has 6 nitrogen and oxygen atoms in total. The van der Waals surface area contributed by atoms with Crippen LogP contribution in [-0.4, -0.2) is 37.2 Å². The van der Waals surface area contributed by atoms with Crippen LogP contribution < -0.4 is 10.1 Å². The molecule has 0 bridgehead atoms. The van der Waals surface area contributed by atoms with Crippen molar-refractivity contribution in [1.29, 1.82) is 0 Å². The van der Waals surface area contributed by atoms with E-state index in [9.17, 15) is 14.7 Å². The van der Waals surface area contributed by atoms with Crippen LogP contribution in [0.15, 0.2) is 42.5 Å². The summed E-state index contributed by atoms with van der Waals surface area (Å²) >= 11 is 11.9. The van der Waals surface area contributed by atoms with Crippen LogP contribution in [0.3, 0.4) is 0 Å². The summed E-state index contributed by atoms with van der Waals surface area (Å²) in [5, 5.41) is 13.3. The van der Waals surface area contributed by atoms with Gasteiger partial charge in [0.15, 0.2) is 18.1 Å². The van der Waals surface area contributed by atoms with E-state index < -0.39 is 18.5 Å². The van der Waals surface area contributed by atoms with E-state index >= 15 is 0 Å². The van der Waals surface area contributed by atoms with E-state index in [1.807, 2.05) is 0 Å². The molecule has 2 aromatic carbocycles. The van der Waals surface area contributed by atoms with Gasteiger partial charge in [-0.15, -0.1) is 0 Å². The number of hydrogen-bond acceptors (Lipinski definition) is 5. The molecule has 0 aliphatic heterocycles. The second-order valence-corrected chi connectivity index (χ2v) is 6.55. The van der Waals surface area contributed by atoms with E-state index in [2.05, 4.69) is 5.32 Å². The zero-order chi connectivity index (χ0) is 20.5. The average molecular weight is 424 g/mol. The maximum atomic E-state index is 11.8. The predicted molar refractivity (Wildman–Crippen MR) is 108 cm³/mol. The van der Waals surface area contributed by atoms with Gasteiger partial charge in [-0.25, -0.2) is 4.79 Å². The SMILES string of the molecule is COc1cc(C=CC(=O)OCC(=O)NCCc2ccc(Cl)cc2Cl)ccc1O. The molecule has 2 N–H and O–H groups in total. The standard InChI is InChI=1S/C20H19Cl2NO5/c1-27-18-10-13(2-6-17(18)24)3-7-20(26)28-12-19(25)23-9-8-14-4-5-15(21)11-16(14)22/h2-7,10-11,24H,8-9,12H2,1H3,(H,23,25). The van der Waals surface area contributed by atoms with Crippen LogP contribution in [0, 0.1) is 0 Å². The third-order valence-electron chi connectivity index (χ3n) is 3.69. The predicted octanol–water partition coefficient (Wildman–Crippen LogP) is 3.62. The van der Waals surface area contributed by atoms with Crippen molar-refractivity contribution in [2.24, 2.45) is 0 Å². The lowest BCUT2D eigenvalue weighted by Gasteiger charge is -2.07. The Labute approximate surface area is 172 Å². The highest BCUT2D eigenvalue weighted by Gasteiger charge is 2.07. The topological polar surface area (TPSA) is 84.9 Å². The van der Waals surface area contributed by atoms with Crippen molar-refractivity contribution < 1.29 is 24.2 Å². The van der Waals surface area contributed by atoms with Crippen LogP contribution in [-0.2, 0) is 20.7 Å². The van der Waals surface area contributed by atoms with Crippen LogP contribution in [0.1, 0.15) is 11.1 Å². The van der Waals surface area contributed by atoms with Gasteiger partial charge in [-0.2, -0.15) is 0 Å². The third kappa shape index (κ3) is 6.79. The van der Waals surface area contributed by atoms with Crippen molar-refractivity contribution in [3.8, 4) is 11.5 Å². The molecule has 1 amide bonds. The zero-order valence-corrected chi connectivity index (χ0v) is 16.6. The smallest absolute Gasteiger partial charge is 0.331 e. The van der Waals surface area contributed by atoms with E-state index in [1.54, 1.807) is 30.3 Å². The number of rotatable bonds is 8. The molecule has 0 aliphatic rings. The van der Waals surface area contributed by atoms with Crippen LogP contribution in [0.5, 0.6) is 11.5 Å². The number of halogens is 2. The summed E-state index contributed by atoms with van der Waals surface area (Å²) in [6, 6.07) is 9.77. The fraction of sp³-hybridized carbons (Fsp3) is 0.200. The molecule has 0 radical (unpaired) electrons. The molecule has 0 saturated heterocycles. The number of carbonyl (C=O) groups excluding carboxylic acids is 2. The second-order valence-electron chi connectivity index (χ2n) is 5.71. The molecular formula is C20H19Cl2NO5. The normalized spacial score (nSPS) is 10.7. The molecule has 0 fully saturated rings. The van der Waals surface area contributed by atoms with Gasteiger partial charge in [0.2, 0.25) is 0 Å². The Balaban J connectivity index is 1.73. The van der Waals surface area contributed by atoms with Gasteiger partial charge in [-0.1, -0.05) is 35.3 Å². The molecule has 0 heterocycles. The van der Waals surface area contributed by atoms with E-state index in [0.717, 1.165) is 5.56 Å². The molecule has 0 spiro atoms. The van der Waals surface area contributed by atoms with Crippen LogP contribution in [0.2, 0.25) is 10.0 Å². The summed E-state index contributed by atoms with van der Waals surface area (Å²) < 4.78 is 9.87. The highest BCUT2D eigenvalue weighted by Crippen LogP contribution is 2.26. The van der Waals surface area contributed by atoms with Crippen molar-refractivity contribution in [1.82, 2.24) is 5.32 Å². The first-order chi connectivity index (χ1) is 13.4. The summed E-state index contributed by atoms with van der Waals surface area (Å²) in [6.07, 6.45) is 3.20. The maximum Gasteiger partial charge on any atom is 0.331 e. The van der Waals surface area contributed by atoms with E-state index in [-0.39, 0.29) is 11.5 Å². The molecule has 0 unspecified atom stereocenters. The van der Waals surface area contributed by atoms with Crippen molar-refractivity contribution in [3.05, 3.63) is 63.6 Å². The number of carbonyl (C=O) groups is 2. The van der Waals surface area contributed by atoms with Gasteiger partial charge < -0.3 is 19.9 Å². The first-order valence-electron chi connectivity index (χ1n) is 8.31. The first kappa shape index (κ1) is 21.6. The van der Waals surface area contributed by atoms with Gasteiger partial charge in [0.1, 0.15) is 0 Å². The number of methoxy groups -OCH3 is 1. The Morgan fingerprint density at radius 3 is 2.68 bits per heavy atom. The largest absolute Gasteiger partial charge is 0.504 e. The van der Waals surface area contributed by atoms with E-state index in [0.29, 0.717) is 28.6 Å². The van der Waals surface area contributed by atoms with Crippen LogP contribution in [0.25, 0.3) is 6.08 Å². The fourth-order valence-electron chi connectivity index (χ4n) is 2.26. The molecular weight excluding hydrogens is 405 g/mol. The number of esters is 1. The van der Waals surface area contributed by atoms with Crippen LogP contribution >= 0.6 is 23.2 Å². The average Bonchev–Trinajstić information content (AvgIpc) is 2.67. The third-order valence-corrected chi connectivity index (χ3v) is 4.28. The molecule has 0 saturated carbocycles. The van der Waals surface area contributed by atoms with Gasteiger partial charge >= 0.3 is 5.97 Å². The number of phenols is 1. The lowest BCUT2D eigenvalue weighted by molar-refractivity contribution is -0.143. The lowest BCUT2D eigenvalue weighted by Crippen LogP contribution is -2.30. The number of nitrogens with one attached hydrogen (secondary N) is 1. The maximum absolute atomic E-state index is 11.8. The van der Waals surface area contributed by atoms with Crippen molar-refractivity contribution in [2.75, 3.05) is 20.3 Å². The Kier molecular flexibility index (Phi) is 8.17. The first-order valence-corrected chi connectivity index (χ1v) is 9.07. The van der Waals surface area contributed by atoms with Gasteiger partial charge in [0, 0.05) is 22.7 Å². The highest BCUT2D eigenvalue weighted by atomic mass is 35.5. The number of phenolic OH excluding ortho intramolecular Hbond substituents is 1. The molecule has 2 rings (SSSR count). The highest BCUT2D eigenvalue weighted by molar-refractivity contribution is 6.35. The Morgan fingerprint density at radius 2 is 1.96 bits per heavy atom. The molecule has 148 valence electrons.